The summed E-state index contributed by atoms with van der Waals surface area (Å²) >= 11 is 1.61. The monoisotopic (exact) mass is 438 g/mol. The minimum absolute atomic E-state index is 0.0823. The number of hydrogen-bond acceptors (Lipinski definition) is 6. The fourth-order valence-corrected chi connectivity index (χ4v) is 4.66. The number of rotatable bonds is 15. The van der Waals surface area contributed by atoms with E-state index in [1.165, 1.54) is 0 Å². The second-order valence-corrected chi connectivity index (χ2v) is 8.96. The van der Waals surface area contributed by atoms with Crippen LogP contribution in [0, 0.1) is 0 Å². The van der Waals surface area contributed by atoms with Crippen molar-refractivity contribution in [3.05, 3.63) is 35.9 Å². The molecule has 4 atom stereocenters. The third kappa shape index (κ3) is 8.22. The Labute approximate surface area is 186 Å². The van der Waals surface area contributed by atoms with E-state index in [1.807, 2.05) is 18.2 Å². The molecule has 1 aromatic carbocycles. The number of carbonyl (C=O) groups excluding carboxylic acids is 1. The van der Waals surface area contributed by atoms with Crippen LogP contribution in [0.2, 0.25) is 0 Å². The van der Waals surface area contributed by atoms with Crippen molar-refractivity contribution in [2.75, 3.05) is 26.4 Å². The second kappa shape index (κ2) is 14.8. The molecule has 5 nitrogen and oxygen atoms in total. The average Bonchev–Trinajstić information content (AvgIpc) is 3.08. The Balaban J connectivity index is 2.08. The molecule has 0 saturated carbocycles. The van der Waals surface area contributed by atoms with Crippen molar-refractivity contribution in [2.45, 2.75) is 82.2 Å². The van der Waals surface area contributed by atoms with Crippen LogP contribution in [-0.4, -0.2) is 55.3 Å². The molecule has 1 heterocycles. The lowest BCUT2D eigenvalue weighted by atomic mass is 10.1. The smallest absolute Gasteiger partial charge is 0.339 e. The van der Waals surface area contributed by atoms with Gasteiger partial charge in [-0.2, -0.15) is 0 Å². The molecular formula is C24H38O5S. The maximum Gasteiger partial charge on any atom is 0.339 e. The van der Waals surface area contributed by atoms with Crippen LogP contribution in [-0.2, 0) is 18.9 Å². The number of esters is 1. The summed E-state index contributed by atoms with van der Waals surface area (Å²) in [5.74, 6) is -0.322. The summed E-state index contributed by atoms with van der Waals surface area (Å²) < 4.78 is 24.3. The van der Waals surface area contributed by atoms with Crippen molar-refractivity contribution in [1.82, 2.24) is 0 Å². The molecule has 0 spiro atoms. The van der Waals surface area contributed by atoms with Crippen LogP contribution in [0.3, 0.4) is 0 Å². The lowest BCUT2D eigenvalue weighted by molar-refractivity contribution is -0.0998. The molecule has 30 heavy (non-hydrogen) atoms. The van der Waals surface area contributed by atoms with Crippen molar-refractivity contribution >= 4 is 17.7 Å². The zero-order chi connectivity index (χ0) is 21.6. The minimum Gasteiger partial charge on any atom is -0.445 e. The highest BCUT2D eigenvalue weighted by molar-refractivity contribution is 8.00. The van der Waals surface area contributed by atoms with Crippen LogP contribution >= 0.6 is 11.8 Å². The van der Waals surface area contributed by atoms with Gasteiger partial charge in [-0.05, 0) is 31.4 Å². The topological polar surface area (TPSA) is 54.0 Å². The van der Waals surface area contributed by atoms with E-state index in [4.69, 9.17) is 18.9 Å². The van der Waals surface area contributed by atoms with Gasteiger partial charge in [0.15, 0.2) is 5.44 Å². The summed E-state index contributed by atoms with van der Waals surface area (Å²) in [6.45, 7) is 9.08. The maximum absolute atomic E-state index is 12.7. The summed E-state index contributed by atoms with van der Waals surface area (Å²) in [7, 11) is 0. The third-order valence-corrected chi connectivity index (χ3v) is 6.43. The van der Waals surface area contributed by atoms with Crippen LogP contribution in [0.1, 0.15) is 69.7 Å². The first kappa shape index (κ1) is 25.2. The first-order valence-electron chi connectivity index (χ1n) is 11.4. The molecule has 170 valence electrons. The summed E-state index contributed by atoms with van der Waals surface area (Å²) in [6, 6.07) is 9.12. The molecule has 2 rings (SSSR count). The van der Waals surface area contributed by atoms with E-state index < -0.39 is 5.44 Å². The van der Waals surface area contributed by atoms with E-state index in [-0.39, 0.29) is 23.4 Å². The molecule has 1 fully saturated rings. The number of hydrogen-bond donors (Lipinski definition) is 0. The Morgan fingerprint density at radius 2 is 1.47 bits per heavy atom. The molecule has 1 aliphatic heterocycles. The first-order chi connectivity index (χ1) is 14.7. The highest BCUT2D eigenvalue weighted by Gasteiger charge is 2.48. The van der Waals surface area contributed by atoms with Crippen molar-refractivity contribution in [1.29, 1.82) is 0 Å². The molecule has 0 bridgehead atoms. The first-order valence-corrected chi connectivity index (χ1v) is 12.4. The second-order valence-electron chi connectivity index (χ2n) is 7.62. The number of benzene rings is 1. The van der Waals surface area contributed by atoms with Gasteiger partial charge in [0.2, 0.25) is 0 Å². The standard InChI is InChI=1S/C24H38O5S/c1-4-7-15-26-18-20-21(27-16-8-5-2)22(28-17-9-6-3)24(30-20)29-23(25)19-13-11-10-12-14-19/h10-14,20-22,24H,4-9,15-18H2,1-3H3/t20-,21+,22+,24?/m1/s1. The van der Waals surface area contributed by atoms with Gasteiger partial charge in [0, 0.05) is 19.8 Å². The molecule has 1 aliphatic rings. The van der Waals surface area contributed by atoms with Crippen LogP contribution in [0.4, 0.5) is 0 Å². The third-order valence-electron chi connectivity index (χ3n) is 5.04. The van der Waals surface area contributed by atoms with E-state index in [0.29, 0.717) is 25.4 Å². The largest absolute Gasteiger partial charge is 0.445 e. The van der Waals surface area contributed by atoms with Crippen molar-refractivity contribution in [2.24, 2.45) is 0 Å². The van der Waals surface area contributed by atoms with Crippen LogP contribution in [0.25, 0.3) is 0 Å². The van der Waals surface area contributed by atoms with E-state index in [0.717, 1.165) is 45.1 Å². The predicted octanol–water partition coefficient (Wildman–Crippen LogP) is 5.47. The maximum atomic E-state index is 12.7. The van der Waals surface area contributed by atoms with Gasteiger partial charge in [-0.1, -0.05) is 58.2 Å². The molecule has 6 heteroatoms. The van der Waals surface area contributed by atoms with Gasteiger partial charge in [0.1, 0.15) is 12.2 Å². The molecule has 0 amide bonds. The van der Waals surface area contributed by atoms with Gasteiger partial charge in [0.25, 0.3) is 0 Å². The van der Waals surface area contributed by atoms with Gasteiger partial charge in [-0.3, -0.25) is 0 Å². The molecule has 1 saturated heterocycles. The van der Waals surface area contributed by atoms with Crippen molar-refractivity contribution in [3.8, 4) is 0 Å². The zero-order valence-corrected chi connectivity index (χ0v) is 19.5. The van der Waals surface area contributed by atoms with Gasteiger partial charge in [-0.25, -0.2) is 4.79 Å². The van der Waals surface area contributed by atoms with Gasteiger partial charge in [-0.15, -0.1) is 11.8 Å². The molecule has 0 aromatic heterocycles. The van der Waals surface area contributed by atoms with Crippen molar-refractivity contribution in [3.63, 3.8) is 0 Å². The predicted molar refractivity (Wildman–Crippen MR) is 122 cm³/mol. The highest BCUT2D eigenvalue weighted by Crippen LogP contribution is 2.39. The van der Waals surface area contributed by atoms with Crippen LogP contribution in [0.5, 0.6) is 0 Å². The van der Waals surface area contributed by atoms with E-state index >= 15 is 0 Å². The quantitative estimate of drug-likeness (QED) is 0.267. The number of carbonyl (C=O) groups is 1. The summed E-state index contributed by atoms with van der Waals surface area (Å²) in [4.78, 5) is 12.7. The zero-order valence-electron chi connectivity index (χ0n) is 18.7. The van der Waals surface area contributed by atoms with Crippen molar-refractivity contribution < 1.29 is 23.7 Å². The van der Waals surface area contributed by atoms with E-state index in [9.17, 15) is 4.79 Å². The Kier molecular flexibility index (Phi) is 12.5. The minimum atomic E-state index is -0.402. The molecule has 0 radical (unpaired) electrons. The van der Waals surface area contributed by atoms with Crippen LogP contribution < -0.4 is 0 Å². The SMILES string of the molecule is CCCCOC[C@H]1SC(OC(=O)c2ccccc2)[C@@H](OCCCC)[C@H]1OCCCC. The van der Waals surface area contributed by atoms with E-state index in [2.05, 4.69) is 20.8 Å². The van der Waals surface area contributed by atoms with Gasteiger partial charge < -0.3 is 18.9 Å². The van der Waals surface area contributed by atoms with Crippen LogP contribution in [0.15, 0.2) is 30.3 Å². The molecule has 0 aliphatic carbocycles. The fourth-order valence-electron chi connectivity index (χ4n) is 3.22. The van der Waals surface area contributed by atoms with Gasteiger partial charge in [0.05, 0.1) is 17.4 Å². The lowest BCUT2D eigenvalue weighted by Crippen LogP contribution is -2.40. The highest BCUT2D eigenvalue weighted by atomic mass is 32.2. The number of ether oxygens (including phenoxy) is 4. The number of unbranched alkanes of at least 4 members (excludes halogenated alkanes) is 3. The molecular weight excluding hydrogens is 400 g/mol. The average molecular weight is 439 g/mol. The Hall–Kier alpha value is -1.08. The Bertz CT molecular complexity index is 582. The fraction of sp³-hybridized carbons (Fsp3) is 0.708. The summed E-state index contributed by atoms with van der Waals surface area (Å²) in [6.07, 6.45) is 5.82. The molecule has 1 aromatic rings. The lowest BCUT2D eigenvalue weighted by Gasteiger charge is -2.26. The summed E-state index contributed by atoms with van der Waals surface area (Å²) in [5.41, 5.74) is 0.150. The molecule has 1 unspecified atom stereocenters. The Morgan fingerprint density at radius 1 is 0.867 bits per heavy atom. The summed E-state index contributed by atoms with van der Waals surface area (Å²) in [5, 5.41) is 0.0823. The Morgan fingerprint density at radius 3 is 2.10 bits per heavy atom. The molecule has 0 N–H and O–H groups in total. The van der Waals surface area contributed by atoms with Gasteiger partial charge >= 0.3 is 5.97 Å². The van der Waals surface area contributed by atoms with E-state index in [1.54, 1.807) is 23.9 Å². The number of thioether (sulfide) groups is 1. The normalized spacial score (nSPS) is 23.6.